The van der Waals surface area contributed by atoms with E-state index in [4.69, 9.17) is 11.6 Å². The van der Waals surface area contributed by atoms with Gasteiger partial charge in [0.1, 0.15) is 0 Å². The third-order valence-electron chi connectivity index (χ3n) is 3.26. The molecule has 0 radical (unpaired) electrons. The van der Waals surface area contributed by atoms with E-state index in [0.29, 0.717) is 6.54 Å². The van der Waals surface area contributed by atoms with E-state index in [9.17, 15) is 4.79 Å². The normalized spacial score (nSPS) is 10.3. The van der Waals surface area contributed by atoms with Crippen LogP contribution < -0.4 is 10.6 Å². The van der Waals surface area contributed by atoms with Crippen molar-refractivity contribution in [3.05, 3.63) is 63.1 Å². The summed E-state index contributed by atoms with van der Waals surface area (Å²) in [6, 6.07) is 13.6. The van der Waals surface area contributed by atoms with Gasteiger partial charge in [-0.2, -0.15) is 0 Å². The summed E-state index contributed by atoms with van der Waals surface area (Å²) in [6.07, 6.45) is 0.792. The van der Waals surface area contributed by atoms with Crippen molar-refractivity contribution in [3.63, 3.8) is 0 Å². The van der Waals surface area contributed by atoms with Gasteiger partial charge in [-0.05, 0) is 54.8 Å². The Morgan fingerprint density at radius 2 is 1.91 bits per heavy atom. The number of hydrogen-bond acceptors (Lipinski definition) is 2. The number of halogens is 2. The molecule has 0 saturated heterocycles. The van der Waals surface area contributed by atoms with Crippen molar-refractivity contribution in [3.8, 4) is 0 Å². The molecular formula is C17H18BrClN2O. The molecule has 116 valence electrons. The number of hydrogen-bond donors (Lipinski definition) is 2. The van der Waals surface area contributed by atoms with Crippen molar-refractivity contribution >= 4 is 39.1 Å². The Balaban J connectivity index is 1.71. The third-order valence-corrected chi connectivity index (χ3v) is 4.40. The zero-order valence-electron chi connectivity index (χ0n) is 12.3. The first-order valence-electron chi connectivity index (χ1n) is 7.06. The second-order valence-electron chi connectivity index (χ2n) is 5.04. The summed E-state index contributed by atoms with van der Waals surface area (Å²) in [5.74, 6) is -0.0189. The number of rotatable bonds is 6. The lowest BCUT2D eigenvalue weighted by atomic mass is 10.1. The van der Waals surface area contributed by atoms with E-state index >= 15 is 0 Å². The first-order chi connectivity index (χ1) is 10.5. The molecule has 5 heteroatoms. The average Bonchev–Trinajstić information content (AvgIpc) is 2.50. The van der Waals surface area contributed by atoms with Crippen LogP contribution in [0.15, 0.2) is 46.9 Å². The fourth-order valence-corrected chi connectivity index (χ4v) is 2.37. The Morgan fingerprint density at radius 1 is 1.18 bits per heavy atom. The molecule has 0 spiro atoms. The van der Waals surface area contributed by atoms with Crippen molar-refractivity contribution in [1.82, 2.24) is 5.32 Å². The molecule has 2 rings (SSSR count). The zero-order valence-corrected chi connectivity index (χ0v) is 14.7. The monoisotopic (exact) mass is 380 g/mol. The first kappa shape index (κ1) is 16.8. The van der Waals surface area contributed by atoms with Crippen LogP contribution in [-0.2, 0) is 11.2 Å². The molecule has 3 nitrogen and oxygen atoms in total. The predicted molar refractivity (Wildman–Crippen MR) is 95.5 cm³/mol. The molecule has 0 bridgehead atoms. The Kier molecular flexibility index (Phi) is 6.28. The van der Waals surface area contributed by atoms with Crippen molar-refractivity contribution in [2.75, 3.05) is 18.4 Å². The van der Waals surface area contributed by atoms with Crippen LogP contribution in [0.4, 0.5) is 5.69 Å². The van der Waals surface area contributed by atoms with Crippen LogP contribution in [0.5, 0.6) is 0 Å². The number of carbonyl (C=O) groups excluding carboxylic acids is 1. The summed E-state index contributed by atoms with van der Waals surface area (Å²) in [4.78, 5) is 11.8. The summed E-state index contributed by atoms with van der Waals surface area (Å²) in [5, 5.41) is 6.74. The van der Waals surface area contributed by atoms with Gasteiger partial charge in [-0.15, -0.1) is 0 Å². The van der Waals surface area contributed by atoms with Gasteiger partial charge in [0.15, 0.2) is 0 Å². The number of amides is 1. The van der Waals surface area contributed by atoms with E-state index in [1.54, 1.807) is 0 Å². The third kappa shape index (κ3) is 5.35. The second kappa shape index (κ2) is 8.20. The predicted octanol–water partition coefficient (Wildman–Crippen LogP) is 4.18. The standard InChI is InChI=1S/C17H18BrClN2O/c1-12-10-15(6-7-16(12)18)21-11-17(22)20-9-8-13-2-4-14(19)5-3-13/h2-7,10,21H,8-9,11H2,1H3,(H,20,22). The summed E-state index contributed by atoms with van der Waals surface area (Å²) >= 11 is 9.29. The highest BCUT2D eigenvalue weighted by atomic mass is 79.9. The molecule has 2 N–H and O–H groups in total. The number of benzene rings is 2. The van der Waals surface area contributed by atoms with E-state index in [2.05, 4.69) is 26.6 Å². The molecule has 0 fully saturated rings. The molecule has 0 saturated carbocycles. The summed E-state index contributed by atoms with van der Waals surface area (Å²) in [5.41, 5.74) is 3.22. The lowest BCUT2D eigenvalue weighted by Gasteiger charge is -2.09. The maximum atomic E-state index is 11.8. The van der Waals surface area contributed by atoms with Gasteiger partial charge in [-0.3, -0.25) is 4.79 Å². The number of carbonyl (C=O) groups is 1. The maximum absolute atomic E-state index is 11.8. The molecule has 2 aromatic carbocycles. The van der Waals surface area contributed by atoms with Gasteiger partial charge in [0.2, 0.25) is 5.91 Å². The van der Waals surface area contributed by atoms with E-state index in [0.717, 1.165) is 32.7 Å². The molecule has 0 unspecified atom stereocenters. The molecule has 2 aromatic rings. The summed E-state index contributed by atoms with van der Waals surface area (Å²) in [6.45, 7) is 2.89. The van der Waals surface area contributed by atoms with Gasteiger partial charge in [0.25, 0.3) is 0 Å². The van der Waals surface area contributed by atoms with Crippen LogP contribution in [0.3, 0.4) is 0 Å². The molecule has 0 heterocycles. The highest BCUT2D eigenvalue weighted by Crippen LogP contribution is 2.19. The minimum Gasteiger partial charge on any atom is -0.376 e. The van der Waals surface area contributed by atoms with Gasteiger partial charge < -0.3 is 10.6 Å². The van der Waals surface area contributed by atoms with E-state index < -0.39 is 0 Å². The lowest BCUT2D eigenvalue weighted by molar-refractivity contribution is -0.119. The SMILES string of the molecule is Cc1cc(NCC(=O)NCCc2ccc(Cl)cc2)ccc1Br. The Labute approximate surface area is 144 Å². The number of nitrogens with one attached hydrogen (secondary N) is 2. The van der Waals surface area contributed by atoms with Gasteiger partial charge in [-0.25, -0.2) is 0 Å². The van der Waals surface area contributed by atoms with Crippen LogP contribution >= 0.6 is 27.5 Å². The largest absolute Gasteiger partial charge is 0.376 e. The maximum Gasteiger partial charge on any atom is 0.239 e. The van der Waals surface area contributed by atoms with Crippen LogP contribution in [-0.4, -0.2) is 19.0 Å². The minimum absolute atomic E-state index is 0.0189. The van der Waals surface area contributed by atoms with Crippen molar-refractivity contribution < 1.29 is 4.79 Å². The van der Waals surface area contributed by atoms with Gasteiger partial charge in [0, 0.05) is 21.7 Å². The highest BCUT2D eigenvalue weighted by Gasteiger charge is 2.02. The molecule has 0 atom stereocenters. The molecule has 0 aliphatic heterocycles. The second-order valence-corrected chi connectivity index (χ2v) is 6.33. The van der Waals surface area contributed by atoms with Crippen molar-refractivity contribution in [1.29, 1.82) is 0 Å². The van der Waals surface area contributed by atoms with E-state index in [1.807, 2.05) is 49.4 Å². The molecule has 0 aliphatic carbocycles. The van der Waals surface area contributed by atoms with E-state index in [-0.39, 0.29) is 12.5 Å². The fourth-order valence-electron chi connectivity index (χ4n) is 2.00. The quantitative estimate of drug-likeness (QED) is 0.788. The average molecular weight is 382 g/mol. The topological polar surface area (TPSA) is 41.1 Å². The highest BCUT2D eigenvalue weighted by molar-refractivity contribution is 9.10. The summed E-state index contributed by atoms with van der Waals surface area (Å²) in [7, 11) is 0. The van der Waals surface area contributed by atoms with Crippen LogP contribution in [0, 0.1) is 6.92 Å². The Hall–Kier alpha value is -1.52. The van der Waals surface area contributed by atoms with Crippen molar-refractivity contribution in [2.45, 2.75) is 13.3 Å². The Morgan fingerprint density at radius 3 is 2.59 bits per heavy atom. The van der Waals surface area contributed by atoms with Gasteiger partial charge in [0.05, 0.1) is 6.54 Å². The smallest absolute Gasteiger partial charge is 0.239 e. The Bertz CT molecular complexity index is 644. The van der Waals surface area contributed by atoms with Gasteiger partial charge >= 0.3 is 0 Å². The molecule has 0 aromatic heterocycles. The zero-order chi connectivity index (χ0) is 15.9. The molecule has 0 aliphatic rings. The van der Waals surface area contributed by atoms with Crippen LogP contribution in [0.1, 0.15) is 11.1 Å². The lowest BCUT2D eigenvalue weighted by Crippen LogP contribution is -2.31. The van der Waals surface area contributed by atoms with Crippen molar-refractivity contribution in [2.24, 2.45) is 0 Å². The van der Waals surface area contributed by atoms with Crippen LogP contribution in [0.25, 0.3) is 0 Å². The minimum atomic E-state index is -0.0189. The summed E-state index contributed by atoms with van der Waals surface area (Å²) < 4.78 is 1.06. The molecule has 1 amide bonds. The van der Waals surface area contributed by atoms with Gasteiger partial charge in [-0.1, -0.05) is 39.7 Å². The number of anilines is 1. The molecule has 22 heavy (non-hydrogen) atoms. The van der Waals surface area contributed by atoms with Crippen LogP contribution in [0.2, 0.25) is 5.02 Å². The first-order valence-corrected chi connectivity index (χ1v) is 8.23. The number of aryl methyl sites for hydroxylation is 1. The fraction of sp³-hybridized carbons (Fsp3) is 0.235. The molecular weight excluding hydrogens is 364 g/mol. The van der Waals surface area contributed by atoms with E-state index in [1.165, 1.54) is 0 Å².